The molecule has 0 aromatic carbocycles. The smallest absolute Gasteiger partial charge is 0.311 e. The van der Waals surface area contributed by atoms with E-state index in [4.69, 9.17) is 4.74 Å². The molecule has 1 aromatic heterocycles. The van der Waals surface area contributed by atoms with Crippen molar-refractivity contribution in [3.8, 4) is 0 Å². The van der Waals surface area contributed by atoms with Crippen LogP contribution >= 0.6 is 0 Å². The van der Waals surface area contributed by atoms with E-state index in [0.717, 1.165) is 5.82 Å². The average molecular weight is 280 g/mol. The predicted molar refractivity (Wildman–Crippen MR) is 69.1 cm³/mol. The van der Waals surface area contributed by atoms with Crippen LogP contribution in [-0.4, -0.2) is 44.5 Å². The Kier molecular flexibility index (Phi) is 3.45. The van der Waals surface area contributed by atoms with Gasteiger partial charge in [0.1, 0.15) is 0 Å². The minimum atomic E-state index is -0.800. The summed E-state index contributed by atoms with van der Waals surface area (Å²) in [5.74, 6) is 0.992. The zero-order valence-electron chi connectivity index (χ0n) is 11.7. The number of ether oxygens (including phenoxy) is 1. The summed E-state index contributed by atoms with van der Waals surface area (Å²) in [5, 5.41) is 21.5. The fourth-order valence-corrected chi connectivity index (χ4v) is 2.95. The molecule has 1 N–H and O–H groups in total. The van der Waals surface area contributed by atoms with Gasteiger partial charge in [0, 0.05) is 19.1 Å². The Balaban J connectivity index is 1.82. The summed E-state index contributed by atoms with van der Waals surface area (Å²) < 4.78 is 6.99. The molecule has 1 saturated carbocycles. The first-order valence-electron chi connectivity index (χ1n) is 7.20. The zero-order valence-corrected chi connectivity index (χ0v) is 11.7. The summed E-state index contributed by atoms with van der Waals surface area (Å²) in [7, 11) is 0. The standard InChI is InChI=1S/C13H20N4O3/c1-9(10-2-3-10)11-14-15-16-17(11)8-13(12(18)19)4-6-20-7-5-13/h9-10H,2-8H2,1H3,(H,18,19). The third-order valence-electron chi connectivity index (χ3n) is 4.65. The van der Waals surface area contributed by atoms with Crippen LogP contribution in [0.1, 0.15) is 44.3 Å². The highest BCUT2D eigenvalue weighted by molar-refractivity contribution is 5.74. The molecule has 2 heterocycles. The number of carboxylic acid groups (broad SMARTS) is 1. The number of hydrogen-bond acceptors (Lipinski definition) is 5. The van der Waals surface area contributed by atoms with Crippen LogP contribution in [0.5, 0.6) is 0 Å². The van der Waals surface area contributed by atoms with E-state index in [1.165, 1.54) is 12.8 Å². The third kappa shape index (κ3) is 2.42. The first-order chi connectivity index (χ1) is 9.62. The monoisotopic (exact) mass is 280 g/mol. The Labute approximate surface area is 117 Å². The van der Waals surface area contributed by atoms with Gasteiger partial charge in [-0.05, 0) is 42.0 Å². The largest absolute Gasteiger partial charge is 0.481 e. The van der Waals surface area contributed by atoms with Crippen molar-refractivity contribution in [1.82, 2.24) is 20.2 Å². The maximum absolute atomic E-state index is 11.7. The lowest BCUT2D eigenvalue weighted by Gasteiger charge is -2.33. The number of hydrogen-bond donors (Lipinski definition) is 1. The van der Waals surface area contributed by atoms with Gasteiger partial charge >= 0.3 is 5.97 Å². The van der Waals surface area contributed by atoms with Gasteiger partial charge < -0.3 is 9.84 Å². The molecule has 20 heavy (non-hydrogen) atoms. The van der Waals surface area contributed by atoms with E-state index >= 15 is 0 Å². The van der Waals surface area contributed by atoms with Crippen molar-refractivity contribution in [3.05, 3.63) is 5.82 Å². The van der Waals surface area contributed by atoms with E-state index in [2.05, 4.69) is 22.4 Å². The summed E-state index contributed by atoms with van der Waals surface area (Å²) in [5.41, 5.74) is -0.800. The van der Waals surface area contributed by atoms with Crippen LogP contribution in [0.3, 0.4) is 0 Å². The van der Waals surface area contributed by atoms with E-state index < -0.39 is 11.4 Å². The van der Waals surface area contributed by atoms with Crippen molar-refractivity contribution in [3.63, 3.8) is 0 Å². The zero-order chi connectivity index (χ0) is 14.2. The third-order valence-corrected chi connectivity index (χ3v) is 4.65. The van der Waals surface area contributed by atoms with Crippen molar-refractivity contribution in [1.29, 1.82) is 0 Å². The number of carbonyl (C=O) groups is 1. The van der Waals surface area contributed by atoms with Gasteiger partial charge in [0.25, 0.3) is 0 Å². The second-order valence-electron chi connectivity index (χ2n) is 6.02. The fraction of sp³-hybridized carbons (Fsp3) is 0.846. The van der Waals surface area contributed by atoms with E-state index in [-0.39, 0.29) is 0 Å². The Morgan fingerprint density at radius 3 is 2.80 bits per heavy atom. The van der Waals surface area contributed by atoms with E-state index in [1.54, 1.807) is 4.68 Å². The first kappa shape index (κ1) is 13.5. The van der Waals surface area contributed by atoms with Gasteiger partial charge in [0.15, 0.2) is 5.82 Å². The molecule has 0 amide bonds. The second kappa shape index (κ2) is 5.12. The summed E-state index contributed by atoms with van der Waals surface area (Å²) in [4.78, 5) is 11.7. The number of nitrogens with zero attached hydrogens (tertiary/aromatic N) is 4. The average Bonchev–Trinajstić information content (AvgIpc) is 3.20. The number of aromatic nitrogens is 4. The summed E-state index contributed by atoms with van der Waals surface area (Å²) in [6, 6.07) is 0. The quantitative estimate of drug-likeness (QED) is 0.867. The maximum atomic E-state index is 11.7. The van der Waals surface area contributed by atoms with Crippen LogP contribution < -0.4 is 0 Å². The number of rotatable bonds is 5. The molecule has 7 heteroatoms. The van der Waals surface area contributed by atoms with Gasteiger partial charge in [0.05, 0.1) is 12.0 Å². The van der Waals surface area contributed by atoms with Gasteiger partial charge in [-0.15, -0.1) is 5.10 Å². The molecule has 0 spiro atoms. The van der Waals surface area contributed by atoms with Crippen molar-refractivity contribution in [2.24, 2.45) is 11.3 Å². The van der Waals surface area contributed by atoms with Crippen LogP contribution in [0.15, 0.2) is 0 Å². The van der Waals surface area contributed by atoms with Crippen molar-refractivity contribution in [2.45, 2.75) is 45.1 Å². The van der Waals surface area contributed by atoms with Crippen LogP contribution in [-0.2, 0) is 16.1 Å². The molecule has 3 rings (SSSR count). The molecule has 1 saturated heterocycles. The van der Waals surface area contributed by atoms with Crippen molar-refractivity contribution < 1.29 is 14.6 Å². The molecule has 1 atom stereocenters. The van der Waals surface area contributed by atoms with E-state index in [0.29, 0.717) is 44.4 Å². The fourth-order valence-electron chi connectivity index (χ4n) is 2.95. The molecule has 1 aliphatic carbocycles. The van der Waals surface area contributed by atoms with Crippen LogP contribution in [0.2, 0.25) is 0 Å². The van der Waals surface area contributed by atoms with E-state index in [1.807, 2.05) is 0 Å². The predicted octanol–water partition coefficient (Wildman–Crippen LogP) is 1.07. The van der Waals surface area contributed by atoms with Gasteiger partial charge in [-0.3, -0.25) is 4.79 Å². The lowest BCUT2D eigenvalue weighted by Crippen LogP contribution is -2.41. The molecule has 7 nitrogen and oxygen atoms in total. The van der Waals surface area contributed by atoms with Gasteiger partial charge in [0.2, 0.25) is 0 Å². The summed E-state index contributed by atoms with van der Waals surface area (Å²) >= 11 is 0. The molecule has 1 aliphatic heterocycles. The first-order valence-corrected chi connectivity index (χ1v) is 7.20. The van der Waals surface area contributed by atoms with Gasteiger partial charge in [-0.25, -0.2) is 4.68 Å². The normalized spacial score (nSPS) is 23.4. The van der Waals surface area contributed by atoms with Crippen molar-refractivity contribution in [2.75, 3.05) is 13.2 Å². The number of carboxylic acids is 1. The van der Waals surface area contributed by atoms with Gasteiger partial charge in [-0.2, -0.15) is 0 Å². The topological polar surface area (TPSA) is 90.1 Å². The highest BCUT2D eigenvalue weighted by Gasteiger charge is 2.42. The molecule has 110 valence electrons. The van der Waals surface area contributed by atoms with Crippen LogP contribution in [0.25, 0.3) is 0 Å². The van der Waals surface area contributed by atoms with E-state index in [9.17, 15) is 9.90 Å². The lowest BCUT2D eigenvalue weighted by atomic mass is 9.80. The Morgan fingerprint density at radius 2 is 2.20 bits per heavy atom. The maximum Gasteiger partial charge on any atom is 0.311 e. The van der Waals surface area contributed by atoms with Crippen molar-refractivity contribution >= 4 is 5.97 Å². The highest BCUT2D eigenvalue weighted by atomic mass is 16.5. The highest BCUT2D eigenvalue weighted by Crippen LogP contribution is 2.42. The second-order valence-corrected chi connectivity index (χ2v) is 6.02. The number of tetrazole rings is 1. The molecule has 2 fully saturated rings. The molecular weight excluding hydrogens is 260 g/mol. The Hall–Kier alpha value is -1.50. The molecule has 1 aromatic rings. The summed E-state index contributed by atoms with van der Waals surface area (Å²) in [6.45, 7) is 3.44. The molecule has 0 radical (unpaired) electrons. The molecule has 1 unspecified atom stereocenters. The Morgan fingerprint density at radius 1 is 1.50 bits per heavy atom. The summed E-state index contributed by atoms with van der Waals surface area (Å²) in [6.07, 6.45) is 3.46. The number of aliphatic carboxylic acids is 1. The lowest BCUT2D eigenvalue weighted by molar-refractivity contribution is -0.156. The molecular formula is C13H20N4O3. The molecule has 2 aliphatic rings. The van der Waals surface area contributed by atoms with Crippen LogP contribution in [0.4, 0.5) is 0 Å². The Bertz CT molecular complexity index is 492. The van der Waals surface area contributed by atoms with Crippen LogP contribution in [0, 0.1) is 11.3 Å². The molecule has 0 bridgehead atoms. The minimum absolute atomic E-state index is 0.302. The SMILES string of the molecule is CC(c1nnnn1CC1(C(=O)O)CCOCC1)C1CC1. The van der Waals surface area contributed by atoms with Gasteiger partial charge in [-0.1, -0.05) is 6.92 Å². The minimum Gasteiger partial charge on any atom is -0.481 e.